The van der Waals surface area contributed by atoms with E-state index < -0.39 is 76.7 Å². The summed E-state index contributed by atoms with van der Waals surface area (Å²) in [5.41, 5.74) is 0.000839. The lowest BCUT2D eigenvalue weighted by atomic mass is 9.77. The van der Waals surface area contributed by atoms with Crippen LogP contribution in [0.4, 0.5) is 52.7 Å². The lowest BCUT2D eigenvalue weighted by Crippen LogP contribution is -2.19. The van der Waals surface area contributed by atoms with E-state index in [2.05, 4.69) is 23.8 Å². The Balaban J connectivity index is 0.000000253. The average molecular weight is 795 g/mol. The summed E-state index contributed by atoms with van der Waals surface area (Å²) in [6.07, 6.45) is -0.212. The predicted octanol–water partition coefficient (Wildman–Crippen LogP) is 13.4. The van der Waals surface area contributed by atoms with Gasteiger partial charge in [-0.15, -0.1) is 13.2 Å². The van der Waals surface area contributed by atoms with Crippen molar-refractivity contribution in [3.8, 4) is 17.2 Å². The first-order valence-electron chi connectivity index (χ1n) is 17.4. The number of aryl methyl sites for hydroxylation is 1. The van der Waals surface area contributed by atoms with Crippen molar-refractivity contribution in [3.05, 3.63) is 123 Å². The van der Waals surface area contributed by atoms with Crippen molar-refractivity contribution in [1.82, 2.24) is 0 Å². The maximum atomic E-state index is 13.7. The molecule has 15 heteroatoms. The molecule has 3 nitrogen and oxygen atoms in total. The lowest BCUT2D eigenvalue weighted by molar-refractivity contribution is -0.276. The van der Waals surface area contributed by atoms with Crippen LogP contribution in [-0.2, 0) is 19.4 Å². The topological polar surface area (TPSA) is 27.7 Å². The number of hydrogen-bond donors (Lipinski definition) is 0. The molecule has 1 saturated carbocycles. The largest absolute Gasteiger partial charge is 0.573 e. The second-order valence-electron chi connectivity index (χ2n) is 13.3. The fourth-order valence-corrected chi connectivity index (χ4v) is 6.28. The summed E-state index contributed by atoms with van der Waals surface area (Å²) in [5, 5.41) is 0. The second kappa shape index (κ2) is 18.9. The highest BCUT2D eigenvalue weighted by Crippen LogP contribution is 2.39. The minimum Gasteiger partial charge on any atom is -0.489 e. The van der Waals surface area contributed by atoms with Crippen LogP contribution >= 0.6 is 0 Å². The third kappa shape index (κ3) is 12.7. The molecule has 0 bridgehead atoms. The van der Waals surface area contributed by atoms with Gasteiger partial charge in [0.15, 0.2) is 11.6 Å². The summed E-state index contributed by atoms with van der Waals surface area (Å²) < 4.78 is 169. The first-order valence-corrected chi connectivity index (χ1v) is 17.4. The van der Waals surface area contributed by atoms with Gasteiger partial charge in [-0.05, 0) is 73.3 Å². The van der Waals surface area contributed by atoms with Crippen LogP contribution in [0.5, 0.6) is 17.2 Å². The molecule has 5 rings (SSSR count). The van der Waals surface area contributed by atoms with Gasteiger partial charge < -0.3 is 14.2 Å². The van der Waals surface area contributed by atoms with Gasteiger partial charge >= 0.3 is 12.5 Å². The van der Waals surface area contributed by atoms with E-state index in [0.717, 1.165) is 23.6 Å². The molecule has 0 aliphatic heterocycles. The summed E-state index contributed by atoms with van der Waals surface area (Å²) >= 11 is 0. The van der Waals surface area contributed by atoms with Gasteiger partial charge in [-0.1, -0.05) is 56.9 Å². The van der Waals surface area contributed by atoms with E-state index in [9.17, 15) is 52.7 Å². The Bertz CT molecular complexity index is 1800. The normalized spacial score (nSPS) is 16.0. The standard InChI is InChI=1S/C25H29F5O.C15H9F7O2/c1-2-3-4-5-17-6-10-19(11-7-17)20-12-8-18(9-13-20)16-31-21-14-22(26)24(23(27)15-21)25(28,29)30;1-7-2-10(16)9(11(17)3-7)6-23-8-4-12(18)14(13(19)5-8)24-15(20,21)22/h8-9,12-15,17,19H,2-7,10-11,16H2,1H3;2-5H,6H2,1H3. The number of hydrogen-bond acceptors (Lipinski definition) is 3. The molecule has 0 unspecified atom stereocenters. The molecule has 0 N–H and O–H groups in total. The van der Waals surface area contributed by atoms with Crippen molar-refractivity contribution < 1.29 is 66.9 Å². The first-order chi connectivity index (χ1) is 25.8. The van der Waals surface area contributed by atoms with E-state index in [-0.39, 0.29) is 12.4 Å². The van der Waals surface area contributed by atoms with E-state index in [0.29, 0.717) is 35.7 Å². The molecule has 0 spiro atoms. The van der Waals surface area contributed by atoms with Crippen LogP contribution in [0.15, 0.2) is 60.7 Å². The fourth-order valence-electron chi connectivity index (χ4n) is 6.28. The van der Waals surface area contributed by atoms with Crippen LogP contribution < -0.4 is 14.2 Å². The van der Waals surface area contributed by atoms with E-state index in [1.165, 1.54) is 63.9 Å². The Morgan fingerprint density at radius 3 is 1.62 bits per heavy atom. The molecule has 4 aromatic carbocycles. The highest BCUT2D eigenvalue weighted by Gasteiger charge is 2.38. The van der Waals surface area contributed by atoms with Gasteiger partial charge in [0.1, 0.15) is 53.5 Å². The van der Waals surface area contributed by atoms with Crippen LogP contribution in [0, 0.1) is 47.7 Å². The Hall–Kier alpha value is -4.56. The molecule has 0 amide bonds. The van der Waals surface area contributed by atoms with E-state index in [4.69, 9.17) is 9.47 Å². The Morgan fingerprint density at radius 1 is 0.618 bits per heavy atom. The Labute approximate surface area is 310 Å². The zero-order valence-corrected chi connectivity index (χ0v) is 29.8. The molecule has 55 heavy (non-hydrogen) atoms. The van der Waals surface area contributed by atoms with Crippen molar-refractivity contribution >= 4 is 0 Å². The van der Waals surface area contributed by atoms with E-state index >= 15 is 0 Å². The van der Waals surface area contributed by atoms with Gasteiger partial charge in [0.05, 0.1) is 5.56 Å². The van der Waals surface area contributed by atoms with Gasteiger partial charge in [0, 0.05) is 24.3 Å². The molecule has 0 atom stereocenters. The maximum Gasteiger partial charge on any atom is 0.573 e. The number of halogens is 12. The molecule has 0 radical (unpaired) electrons. The fraction of sp³-hybridized carbons (Fsp3) is 0.400. The van der Waals surface area contributed by atoms with Crippen molar-refractivity contribution in [2.75, 3.05) is 0 Å². The van der Waals surface area contributed by atoms with Crippen molar-refractivity contribution in [2.24, 2.45) is 5.92 Å². The monoisotopic (exact) mass is 794 g/mol. The molecular weight excluding hydrogens is 756 g/mol. The summed E-state index contributed by atoms with van der Waals surface area (Å²) in [6.45, 7) is 3.00. The lowest BCUT2D eigenvalue weighted by Gasteiger charge is -2.29. The SMILES string of the molecule is CCCCCC1CCC(c2ccc(COc3cc(F)c(C(F)(F)F)c(F)c3)cc2)CC1.Cc1cc(F)c(COc2cc(F)c(OC(F)(F)F)c(F)c2)c(F)c1. The minimum atomic E-state index is -5.28. The molecule has 0 saturated heterocycles. The third-order valence-corrected chi connectivity index (χ3v) is 9.08. The van der Waals surface area contributed by atoms with Gasteiger partial charge in [-0.25, -0.2) is 26.3 Å². The summed E-state index contributed by atoms with van der Waals surface area (Å²) in [6, 6.07) is 11.9. The number of unbranched alkanes of at least 4 members (excludes halogenated alkanes) is 2. The maximum absolute atomic E-state index is 13.7. The van der Waals surface area contributed by atoms with Crippen molar-refractivity contribution in [1.29, 1.82) is 0 Å². The third-order valence-electron chi connectivity index (χ3n) is 9.08. The van der Waals surface area contributed by atoms with Crippen LogP contribution in [-0.4, -0.2) is 6.36 Å². The minimum absolute atomic E-state index is 0.0225. The molecule has 0 heterocycles. The van der Waals surface area contributed by atoms with Crippen LogP contribution in [0.1, 0.15) is 92.0 Å². The Morgan fingerprint density at radius 2 is 1.13 bits per heavy atom. The number of ether oxygens (including phenoxy) is 3. The molecule has 1 aliphatic rings. The molecule has 0 aromatic heterocycles. The molecule has 1 fully saturated rings. The smallest absolute Gasteiger partial charge is 0.489 e. The summed E-state index contributed by atoms with van der Waals surface area (Å²) in [5.74, 6) is -9.63. The first kappa shape index (κ1) is 43.2. The quantitative estimate of drug-likeness (QED) is 0.106. The van der Waals surface area contributed by atoms with E-state index in [1.54, 1.807) is 0 Å². The molecule has 4 aromatic rings. The predicted molar refractivity (Wildman–Crippen MR) is 179 cm³/mol. The van der Waals surface area contributed by atoms with Crippen molar-refractivity contribution in [2.45, 2.75) is 96.9 Å². The second-order valence-corrected chi connectivity index (χ2v) is 13.3. The van der Waals surface area contributed by atoms with Gasteiger partial charge in [-0.2, -0.15) is 13.2 Å². The van der Waals surface area contributed by atoms with Crippen molar-refractivity contribution in [3.63, 3.8) is 0 Å². The zero-order valence-electron chi connectivity index (χ0n) is 29.8. The highest BCUT2D eigenvalue weighted by atomic mass is 19.4. The summed E-state index contributed by atoms with van der Waals surface area (Å²) in [7, 11) is 0. The highest BCUT2D eigenvalue weighted by molar-refractivity contribution is 5.36. The average Bonchev–Trinajstić information content (AvgIpc) is 3.08. The Kier molecular flexibility index (Phi) is 14.8. The molecular formula is C40H38F12O3. The summed E-state index contributed by atoms with van der Waals surface area (Å²) in [4.78, 5) is 0. The van der Waals surface area contributed by atoms with Gasteiger partial charge in [-0.3, -0.25) is 0 Å². The molecule has 300 valence electrons. The van der Waals surface area contributed by atoms with Gasteiger partial charge in [0.2, 0.25) is 5.75 Å². The van der Waals surface area contributed by atoms with Crippen LogP contribution in [0.2, 0.25) is 0 Å². The molecule has 1 aliphatic carbocycles. The number of rotatable bonds is 12. The van der Waals surface area contributed by atoms with Crippen LogP contribution in [0.3, 0.4) is 0 Å². The number of alkyl halides is 6. The van der Waals surface area contributed by atoms with Crippen LogP contribution in [0.25, 0.3) is 0 Å². The van der Waals surface area contributed by atoms with E-state index in [1.807, 2.05) is 12.1 Å². The zero-order chi connectivity index (χ0) is 40.5. The van der Waals surface area contributed by atoms with Gasteiger partial charge in [0.25, 0.3) is 0 Å². The number of benzene rings is 4.